The minimum absolute atomic E-state index is 0.0212. The van der Waals surface area contributed by atoms with Crippen molar-refractivity contribution in [3.8, 4) is 23.0 Å². The van der Waals surface area contributed by atoms with E-state index in [1.54, 1.807) is 24.3 Å². The van der Waals surface area contributed by atoms with Crippen molar-refractivity contribution in [3.63, 3.8) is 0 Å². The first-order chi connectivity index (χ1) is 14.6. The Bertz CT molecular complexity index is 924. The van der Waals surface area contributed by atoms with Gasteiger partial charge in [-0.1, -0.05) is 0 Å². The van der Waals surface area contributed by atoms with Crippen LogP contribution in [0, 0.1) is 0 Å². The van der Waals surface area contributed by atoms with Gasteiger partial charge in [-0.3, -0.25) is 9.59 Å². The molecule has 0 spiro atoms. The summed E-state index contributed by atoms with van der Waals surface area (Å²) in [6.07, 6.45) is 0.488. The third-order valence-corrected chi connectivity index (χ3v) is 3.91. The van der Waals surface area contributed by atoms with Crippen LogP contribution in [0.1, 0.15) is 52.0 Å². The standard InChI is InChI=1S/C22H26O6/c1-5-26-22-14-18(16(3)24)8-10-20(22)28-12-6-11-27-19-9-7-17(15(2)23)13-21(19)25-4/h7-10,13-14H,5-6,11-12H2,1-4H3/i4D3. The first-order valence-corrected chi connectivity index (χ1v) is 8.98. The molecule has 0 radical (unpaired) electrons. The number of ketones is 2. The third kappa shape index (κ3) is 5.74. The first-order valence-electron chi connectivity index (χ1n) is 10.5. The lowest BCUT2D eigenvalue weighted by molar-refractivity contribution is 0.100. The highest BCUT2D eigenvalue weighted by Gasteiger charge is 2.10. The van der Waals surface area contributed by atoms with Crippen LogP contribution in [-0.4, -0.2) is 38.4 Å². The van der Waals surface area contributed by atoms with Crippen LogP contribution >= 0.6 is 0 Å². The zero-order valence-electron chi connectivity index (χ0n) is 19.2. The first kappa shape index (κ1) is 17.1. The molecule has 0 fully saturated rings. The lowest BCUT2D eigenvalue weighted by Crippen LogP contribution is -2.07. The Labute approximate surface area is 169 Å². The Morgan fingerprint density at radius 3 is 1.86 bits per heavy atom. The summed E-state index contributed by atoms with van der Waals surface area (Å²) in [7, 11) is -2.67. The SMILES string of the molecule is [2H]C([2H])([2H])Oc1cc(C(C)=O)ccc1OCCCOc1ccc(C(C)=O)cc1OCC. The van der Waals surface area contributed by atoms with Crippen molar-refractivity contribution in [1.82, 2.24) is 0 Å². The highest BCUT2D eigenvalue weighted by molar-refractivity contribution is 5.95. The largest absolute Gasteiger partial charge is 0.493 e. The van der Waals surface area contributed by atoms with Gasteiger partial charge in [0.1, 0.15) is 0 Å². The molecule has 0 aromatic heterocycles. The quantitative estimate of drug-likeness (QED) is 0.420. The zero-order chi connectivity index (χ0) is 23.0. The van der Waals surface area contributed by atoms with Crippen LogP contribution in [-0.2, 0) is 0 Å². The van der Waals surface area contributed by atoms with Gasteiger partial charge in [-0.2, -0.15) is 0 Å². The van der Waals surface area contributed by atoms with Gasteiger partial charge in [-0.25, -0.2) is 0 Å². The van der Waals surface area contributed by atoms with Gasteiger partial charge in [0.05, 0.1) is 31.0 Å². The van der Waals surface area contributed by atoms with E-state index in [-0.39, 0.29) is 29.7 Å². The van der Waals surface area contributed by atoms with Crippen molar-refractivity contribution in [3.05, 3.63) is 47.5 Å². The molecule has 2 rings (SSSR count). The highest BCUT2D eigenvalue weighted by atomic mass is 16.5. The molecule has 6 heteroatoms. The third-order valence-electron chi connectivity index (χ3n) is 3.91. The van der Waals surface area contributed by atoms with Crippen LogP contribution in [0.3, 0.4) is 0 Å². The number of hydrogen-bond acceptors (Lipinski definition) is 6. The van der Waals surface area contributed by atoms with Gasteiger partial charge in [-0.05, 0) is 57.2 Å². The van der Waals surface area contributed by atoms with Crippen molar-refractivity contribution in [2.75, 3.05) is 26.9 Å². The van der Waals surface area contributed by atoms with Crippen LogP contribution < -0.4 is 18.9 Å². The normalized spacial score (nSPS) is 12.3. The molecule has 0 bridgehead atoms. The average Bonchev–Trinajstić information content (AvgIpc) is 2.68. The molecule has 0 aliphatic rings. The van der Waals surface area contributed by atoms with Crippen molar-refractivity contribution >= 4 is 11.6 Å². The van der Waals surface area contributed by atoms with Crippen molar-refractivity contribution < 1.29 is 32.6 Å². The fourth-order valence-electron chi connectivity index (χ4n) is 2.46. The van der Waals surface area contributed by atoms with Crippen LogP contribution in [0.5, 0.6) is 23.0 Å². The molecule has 2 aromatic carbocycles. The molecule has 0 unspecified atom stereocenters. The summed E-state index contributed by atoms with van der Waals surface area (Å²) < 4.78 is 43.8. The van der Waals surface area contributed by atoms with E-state index < -0.39 is 7.04 Å². The maximum Gasteiger partial charge on any atom is 0.161 e. The summed E-state index contributed by atoms with van der Waals surface area (Å²) >= 11 is 0. The van der Waals surface area contributed by atoms with E-state index in [0.717, 1.165) is 0 Å². The molecule has 0 heterocycles. The lowest BCUT2D eigenvalue weighted by Gasteiger charge is -2.14. The molecule has 0 atom stereocenters. The van der Waals surface area contributed by atoms with Gasteiger partial charge in [0.15, 0.2) is 34.6 Å². The predicted octanol–water partition coefficient (Wildman–Crippen LogP) is 4.35. The number of Topliss-reactive ketones (excluding diaryl/α,β-unsaturated/α-hetero) is 2. The predicted molar refractivity (Wildman–Crippen MR) is 106 cm³/mol. The van der Waals surface area contributed by atoms with Crippen LogP contribution in [0.4, 0.5) is 0 Å². The number of carbonyl (C=O) groups is 2. The number of methoxy groups -OCH3 is 1. The van der Waals surface area contributed by atoms with Crippen LogP contribution in [0.15, 0.2) is 36.4 Å². The smallest absolute Gasteiger partial charge is 0.161 e. The Balaban J connectivity index is 1.97. The van der Waals surface area contributed by atoms with E-state index in [4.69, 9.17) is 23.1 Å². The van der Waals surface area contributed by atoms with E-state index >= 15 is 0 Å². The molecule has 0 aliphatic heterocycles. The second-order valence-corrected chi connectivity index (χ2v) is 6.02. The van der Waals surface area contributed by atoms with Gasteiger partial charge in [0.25, 0.3) is 0 Å². The van der Waals surface area contributed by atoms with Gasteiger partial charge >= 0.3 is 0 Å². The number of carbonyl (C=O) groups excluding carboxylic acids is 2. The summed E-state index contributed by atoms with van der Waals surface area (Å²) in [5.41, 5.74) is 0.863. The minimum Gasteiger partial charge on any atom is -0.493 e. The number of rotatable bonds is 11. The Morgan fingerprint density at radius 2 is 1.36 bits per heavy atom. The van der Waals surface area contributed by atoms with E-state index in [9.17, 15) is 9.59 Å². The van der Waals surface area contributed by atoms with Gasteiger partial charge in [0, 0.05) is 17.5 Å². The van der Waals surface area contributed by atoms with E-state index in [2.05, 4.69) is 0 Å². The van der Waals surface area contributed by atoms with E-state index in [1.165, 1.54) is 26.0 Å². The molecular formula is C22H26O6. The Hall–Kier alpha value is -3.02. The van der Waals surface area contributed by atoms with Crippen molar-refractivity contribution in [2.45, 2.75) is 27.2 Å². The Morgan fingerprint density at radius 1 is 0.821 bits per heavy atom. The highest BCUT2D eigenvalue weighted by Crippen LogP contribution is 2.30. The molecule has 0 amide bonds. The second-order valence-electron chi connectivity index (χ2n) is 6.02. The molecule has 0 N–H and O–H groups in total. The topological polar surface area (TPSA) is 71.1 Å². The van der Waals surface area contributed by atoms with Crippen LogP contribution in [0.25, 0.3) is 0 Å². The second kappa shape index (κ2) is 10.3. The molecule has 0 saturated carbocycles. The summed E-state index contributed by atoms with van der Waals surface area (Å²) in [5.74, 6) is 0.936. The fourth-order valence-corrected chi connectivity index (χ4v) is 2.46. The minimum atomic E-state index is -2.67. The molecule has 150 valence electrons. The molecule has 6 nitrogen and oxygen atoms in total. The number of benzene rings is 2. The zero-order valence-corrected chi connectivity index (χ0v) is 16.2. The molecule has 28 heavy (non-hydrogen) atoms. The monoisotopic (exact) mass is 389 g/mol. The maximum absolute atomic E-state index is 11.6. The Kier molecular flexibility index (Phi) is 6.32. The fraction of sp³-hybridized carbons (Fsp3) is 0.364. The summed E-state index contributed by atoms with van der Waals surface area (Å²) in [6.45, 7) is 5.67. The van der Waals surface area contributed by atoms with Gasteiger partial charge in [0.2, 0.25) is 0 Å². The van der Waals surface area contributed by atoms with Crippen molar-refractivity contribution in [1.29, 1.82) is 0 Å². The molecule has 0 saturated heterocycles. The maximum atomic E-state index is 11.6. The molecule has 0 aliphatic carbocycles. The summed E-state index contributed by atoms with van der Waals surface area (Å²) in [4.78, 5) is 23.1. The van der Waals surface area contributed by atoms with Gasteiger partial charge in [-0.15, -0.1) is 0 Å². The lowest BCUT2D eigenvalue weighted by atomic mass is 10.1. The number of hydrogen-bond donors (Lipinski definition) is 0. The van der Waals surface area contributed by atoms with E-state index in [1.807, 2.05) is 6.92 Å². The van der Waals surface area contributed by atoms with Gasteiger partial charge < -0.3 is 18.9 Å². The number of ether oxygens (including phenoxy) is 4. The molecule has 2 aromatic rings. The van der Waals surface area contributed by atoms with Crippen LogP contribution in [0.2, 0.25) is 0 Å². The van der Waals surface area contributed by atoms with E-state index in [0.29, 0.717) is 42.3 Å². The molecular weight excluding hydrogens is 360 g/mol. The van der Waals surface area contributed by atoms with Crippen molar-refractivity contribution in [2.24, 2.45) is 0 Å². The summed E-state index contributed by atoms with van der Waals surface area (Å²) in [5, 5.41) is 0. The average molecular weight is 389 g/mol. The summed E-state index contributed by atoms with van der Waals surface area (Å²) in [6, 6.07) is 9.41.